The number of anilines is 1. The average molecular weight is 344 g/mol. The lowest BCUT2D eigenvalue weighted by molar-refractivity contribution is 0.102. The van der Waals surface area contributed by atoms with Crippen LogP contribution >= 0.6 is 23.5 Å². The van der Waals surface area contributed by atoms with Gasteiger partial charge in [0.25, 0.3) is 5.91 Å². The van der Waals surface area contributed by atoms with Crippen molar-refractivity contribution in [2.45, 2.75) is 24.3 Å². The van der Waals surface area contributed by atoms with E-state index in [9.17, 15) is 4.79 Å². The lowest BCUT2D eigenvalue weighted by Gasteiger charge is -2.11. The van der Waals surface area contributed by atoms with Gasteiger partial charge in [-0.1, -0.05) is 38.1 Å². The molecule has 0 radical (unpaired) electrons. The van der Waals surface area contributed by atoms with Gasteiger partial charge in [0.2, 0.25) is 0 Å². The van der Waals surface area contributed by atoms with E-state index in [0.29, 0.717) is 16.1 Å². The molecular weight excluding hydrogens is 322 g/mol. The highest BCUT2D eigenvalue weighted by molar-refractivity contribution is 8.19. The summed E-state index contributed by atoms with van der Waals surface area (Å²) in [5.41, 5.74) is 4.10. The maximum absolute atomic E-state index is 12.4. The Labute approximate surface area is 146 Å². The zero-order chi connectivity index (χ0) is 16.2. The van der Waals surface area contributed by atoms with E-state index in [-0.39, 0.29) is 5.91 Å². The van der Waals surface area contributed by atoms with E-state index >= 15 is 0 Å². The first kappa shape index (κ1) is 16.5. The summed E-state index contributed by atoms with van der Waals surface area (Å²) in [6.07, 6.45) is 0. The molecule has 0 aliphatic carbocycles. The molecule has 0 bridgehead atoms. The van der Waals surface area contributed by atoms with Crippen LogP contribution in [0.4, 0.5) is 5.69 Å². The van der Waals surface area contributed by atoms with Gasteiger partial charge >= 0.3 is 0 Å². The molecule has 23 heavy (non-hydrogen) atoms. The monoisotopic (exact) mass is 343 g/mol. The van der Waals surface area contributed by atoms with Crippen LogP contribution in [0, 0.1) is 0 Å². The highest BCUT2D eigenvalue weighted by atomic mass is 32.2. The number of nitrogens with one attached hydrogen (secondary N) is 1. The molecule has 1 N–H and O–H groups in total. The van der Waals surface area contributed by atoms with Crippen molar-refractivity contribution in [3.63, 3.8) is 0 Å². The fraction of sp³-hybridized carbons (Fsp3) is 0.316. The Bertz CT molecular complexity index is 676. The molecule has 2 nitrogen and oxygen atoms in total. The number of thioether (sulfide) groups is 2. The van der Waals surface area contributed by atoms with Gasteiger partial charge in [-0.15, -0.1) is 23.5 Å². The highest BCUT2D eigenvalue weighted by Crippen LogP contribution is 2.45. The van der Waals surface area contributed by atoms with Crippen molar-refractivity contribution >= 4 is 35.1 Å². The average Bonchev–Trinajstić information content (AvgIpc) is 3.10. The Morgan fingerprint density at radius 2 is 1.78 bits per heavy atom. The molecule has 0 unspecified atom stereocenters. The molecule has 4 heteroatoms. The molecule has 0 atom stereocenters. The van der Waals surface area contributed by atoms with E-state index in [2.05, 4.69) is 31.3 Å². The molecule has 3 rings (SSSR count). The van der Waals surface area contributed by atoms with Gasteiger partial charge in [-0.25, -0.2) is 0 Å². The summed E-state index contributed by atoms with van der Waals surface area (Å²) in [7, 11) is 0. The molecule has 1 amide bonds. The Morgan fingerprint density at radius 1 is 1.09 bits per heavy atom. The molecule has 120 valence electrons. The maximum Gasteiger partial charge on any atom is 0.255 e. The van der Waals surface area contributed by atoms with Crippen LogP contribution in [0.2, 0.25) is 0 Å². The second kappa shape index (κ2) is 7.45. The summed E-state index contributed by atoms with van der Waals surface area (Å²) in [5, 5.41) is 3.01. The van der Waals surface area contributed by atoms with Gasteiger partial charge in [0.05, 0.1) is 4.58 Å². The van der Waals surface area contributed by atoms with Crippen molar-refractivity contribution in [1.29, 1.82) is 0 Å². The normalized spacial score (nSPS) is 15.1. The summed E-state index contributed by atoms with van der Waals surface area (Å²) in [6.45, 7) is 4.30. The first-order valence-electron chi connectivity index (χ1n) is 7.88. The predicted molar refractivity (Wildman–Crippen MR) is 103 cm³/mol. The van der Waals surface area contributed by atoms with E-state index < -0.39 is 0 Å². The maximum atomic E-state index is 12.4. The molecule has 0 aromatic heterocycles. The van der Waals surface area contributed by atoms with Crippen molar-refractivity contribution in [3.05, 3.63) is 65.2 Å². The van der Waals surface area contributed by atoms with E-state index in [1.807, 2.05) is 59.9 Å². The largest absolute Gasteiger partial charge is 0.322 e. The molecule has 1 aliphatic heterocycles. The minimum atomic E-state index is -0.0517. The minimum Gasteiger partial charge on any atom is -0.322 e. The summed E-state index contributed by atoms with van der Waals surface area (Å²) < 4.78 is 0.497. The Kier molecular flexibility index (Phi) is 5.34. The molecule has 2 aromatic rings. The van der Waals surface area contributed by atoms with Gasteiger partial charge in [0.15, 0.2) is 0 Å². The quantitative estimate of drug-likeness (QED) is 0.790. The highest BCUT2D eigenvalue weighted by Gasteiger charge is 2.18. The van der Waals surface area contributed by atoms with Crippen LogP contribution in [0.25, 0.3) is 0 Å². The molecule has 0 saturated carbocycles. The van der Waals surface area contributed by atoms with Gasteiger partial charge < -0.3 is 5.32 Å². The second-order valence-corrected chi connectivity index (χ2v) is 8.65. The van der Waals surface area contributed by atoms with Gasteiger partial charge in [0, 0.05) is 22.8 Å². The van der Waals surface area contributed by atoms with Crippen LogP contribution in [0.5, 0.6) is 0 Å². The third kappa shape index (κ3) is 4.12. The summed E-state index contributed by atoms with van der Waals surface area (Å²) in [6, 6.07) is 16.1. The van der Waals surface area contributed by atoms with Crippen LogP contribution in [0.15, 0.2) is 48.5 Å². The summed E-state index contributed by atoms with van der Waals surface area (Å²) in [4.78, 5) is 12.4. The van der Waals surface area contributed by atoms with Crippen molar-refractivity contribution in [2.75, 3.05) is 16.8 Å². The number of carbonyl (C=O) groups excluding carboxylic acids is 1. The lowest BCUT2D eigenvalue weighted by Crippen LogP contribution is -2.12. The van der Waals surface area contributed by atoms with Gasteiger partial charge in [-0.3, -0.25) is 4.79 Å². The number of benzene rings is 2. The molecule has 1 aliphatic rings. The fourth-order valence-corrected chi connectivity index (χ4v) is 5.37. The number of rotatable bonds is 4. The molecule has 2 aromatic carbocycles. The number of carbonyl (C=O) groups is 1. The van der Waals surface area contributed by atoms with Crippen LogP contribution in [-0.2, 0) is 0 Å². The summed E-state index contributed by atoms with van der Waals surface area (Å²) in [5.74, 6) is 2.83. The molecular formula is C19H21NOS2. The third-order valence-electron chi connectivity index (χ3n) is 3.88. The standard InChI is InChI=1S/C19H21NOS2/c1-13(2)14-6-8-15(9-7-14)18(21)20-17-5-3-4-16(12-17)19-22-10-11-23-19/h3-9,12-13,19H,10-11H2,1-2H3,(H,20,21). The fourth-order valence-electron chi connectivity index (χ4n) is 2.54. The van der Waals surface area contributed by atoms with Gasteiger partial charge in [-0.05, 0) is 41.3 Å². The predicted octanol–water partition coefficient (Wildman–Crippen LogP) is 5.54. The molecule has 1 fully saturated rings. The Morgan fingerprint density at radius 3 is 2.43 bits per heavy atom. The number of hydrogen-bond acceptors (Lipinski definition) is 3. The van der Waals surface area contributed by atoms with Crippen molar-refractivity contribution in [2.24, 2.45) is 0 Å². The lowest BCUT2D eigenvalue weighted by atomic mass is 10.0. The minimum absolute atomic E-state index is 0.0517. The number of amides is 1. The van der Waals surface area contributed by atoms with Gasteiger partial charge in [0.1, 0.15) is 0 Å². The Balaban J connectivity index is 1.71. The topological polar surface area (TPSA) is 29.1 Å². The Hall–Kier alpha value is -1.39. The van der Waals surface area contributed by atoms with Crippen LogP contribution < -0.4 is 5.32 Å². The van der Waals surface area contributed by atoms with E-state index in [0.717, 1.165) is 5.69 Å². The first-order valence-corrected chi connectivity index (χ1v) is 9.98. The zero-order valence-corrected chi connectivity index (χ0v) is 15.0. The van der Waals surface area contributed by atoms with Crippen LogP contribution in [0.3, 0.4) is 0 Å². The summed E-state index contributed by atoms with van der Waals surface area (Å²) >= 11 is 3.95. The zero-order valence-electron chi connectivity index (χ0n) is 13.4. The molecule has 1 heterocycles. The second-order valence-electron chi connectivity index (χ2n) is 5.93. The first-order chi connectivity index (χ1) is 11.1. The number of hydrogen-bond donors (Lipinski definition) is 1. The molecule has 1 saturated heterocycles. The van der Waals surface area contributed by atoms with Crippen LogP contribution in [-0.4, -0.2) is 17.4 Å². The SMILES string of the molecule is CC(C)c1ccc(C(=O)Nc2cccc(C3SCCS3)c2)cc1. The third-order valence-corrected chi connectivity index (χ3v) is 6.98. The van der Waals surface area contributed by atoms with E-state index in [1.54, 1.807) is 0 Å². The van der Waals surface area contributed by atoms with E-state index in [4.69, 9.17) is 0 Å². The van der Waals surface area contributed by atoms with E-state index in [1.165, 1.54) is 22.6 Å². The van der Waals surface area contributed by atoms with Gasteiger partial charge in [-0.2, -0.15) is 0 Å². The van der Waals surface area contributed by atoms with Crippen molar-refractivity contribution in [1.82, 2.24) is 0 Å². The van der Waals surface area contributed by atoms with Crippen molar-refractivity contribution in [3.8, 4) is 0 Å². The van der Waals surface area contributed by atoms with Crippen LogP contribution in [0.1, 0.15) is 45.8 Å². The molecule has 0 spiro atoms. The smallest absolute Gasteiger partial charge is 0.255 e. The van der Waals surface area contributed by atoms with Crippen molar-refractivity contribution < 1.29 is 4.79 Å².